The summed E-state index contributed by atoms with van der Waals surface area (Å²) >= 11 is 0. The third-order valence-electron chi connectivity index (χ3n) is 3.43. The summed E-state index contributed by atoms with van der Waals surface area (Å²) in [6.45, 7) is 4.96. The molecule has 1 saturated carbocycles. The maximum absolute atomic E-state index is 5.64. The van der Waals surface area contributed by atoms with Crippen LogP contribution in [0.25, 0.3) is 0 Å². The van der Waals surface area contributed by atoms with Gasteiger partial charge in [-0.2, -0.15) is 0 Å². The van der Waals surface area contributed by atoms with Crippen molar-refractivity contribution in [2.75, 3.05) is 13.2 Å². The zero-order chi connectivity index (χ0) is 11.9. The molecule has 0 radical (unpaired) electrons. The van der Waals surface area contributed by atoms with Crippen molar-refractivity contribution in [1.82, 2.24) is 5.32 Å². The van der Waals surface area contributed by atoms with E-state index in [0.29, 0.717) is 0 Å². The number of rotatable bonds is 8. The SMILES string of the molecule is CCC1CC1NCCCOCc1ccccc1. The fourth-order valence-corrected chi connectivity index (χ4v) is 2.17. The summed E-state index contributed by atoms with van der Waals surface area (Å²) in [5.74, 6) is 0.945. The van der Waals surface area contributed by atoms with Crippen LogP contribution in [0, 0.1) is 5.92 Å². The first-order valence-corrected chi connectivity index (χ1v) is 6.75. The van der Waals surface area contributed by atoms with Gasteiger partial charge in [-0.15, -0.1) is 0 Å². The van der Waals surface area contributed by atoms with E-state index in [2.05, 4.69) is 36.5 Å². The van der Waals surface area contributed by atoms with Crippen LogP contribution in [-0.4, -0.2) is 19.2 Å². The molecule has 0 bridgehead atoms. The van der Waals surface area contributed by atoms with Crippen molar-refractivity contribution in [1.29, 1.82) is 0 Å². The minimum Gasteiger partial charge on any atom is -0.377 e. The van der Waals surface area contributed by atoms with Crippen LogP contribution in [-0.2, 0) is 11.3 Å². The lowest BCUT2D eigenvalue weighted by molar-refractivity contribution is 0.118. The van der Waals surface area contributed by atoms with Gasteiger partial charge in [0.2, 0.25) is 0 Å². The zero-order valence-corrected chi connectivity index (χ0v) is 10.7. The minimum absolute atomic E-state index is 0.738. The number of hydrogen-bond donors (Lipinski definition) is 1. The molecule has 1 aromatic carbocycles. The van der Waals surface area contributed by atoms with E-state index in [0.717, 1.165) is 38.1 Å². The van der Waals surface area contributed by atoms with E-state index in [1.54, 1.807) is 0 Å². The van der Waals surface area contributed by atoms with Gasteiger partial charge in [0, 0.05) is 12.6 Å². The highest BCUT2D eigenvalue weighted by molar-refractivity contribution is 5.13. The van der Waals surface area contributed by atoms with Crippen molar-refractivity contribution in [3.8, 4) is 0 Å². The van der Waals surface area contributed by atoms with Crippen LogP contribution in [0.3, 0.4) is 0 Å². The average Bonchev–Trinajstić information content (AvgIpc) is 3.13. The van der Waals surface area contributed by atoms with Gasteiger partial charge in [0.15, 0.2) is 0 Å². The predicted molar refractivity (Wildman–Crippen MR) is 70.9 cm³/mol. The normalized spacial score (nSPS) is 22.6. The molecule has 1 aliphatic carbocycles. The van der Waals surface area contributed by atoms with Gasteiger partial charge in [-0.05, 0) is 30.9 Å². The third kappa shape index (κ3) is 4.49. The Kier molecular flexibility index (Phi) is 5.02. The second-order valence-electron chi connectivity index (χ2n) is 4.86. The summed E-state index contributed by atoms with van der Waals surface area (Å²) in [6, 6.07) is 11.2. The molecule has 0 aromatic heterocycles. The second-order valence-corrected chi connectivity index (χ2v) is 4.86. The molecule has 17 heavy (non-hydrogen) atoms. The highest BCUT2D eigenvalue weighted by Crippen LogP contribution is 2.32. The fraction of sp³-hybridized carbons (Fsp3) is 0.600. The standard InChI is InChI=1S/C15H23NO/c1-2-14-11-15(14)16-9-6-10-17-12-13-7-4-3-5-8-13/h3-5,7-8,14-16H,2,6,9-12H2,1H3. The molecule has 2 heteroatoms. The molecule has 0 heterocycles. The number of nitrogens with one attached hydrogen (secondary N) is 1. The van der Waals surface area contributed by atoms with Gasteiger partial charge in [-0.1, -0.05) is 43.7 Å². The first-order chi connectivity index (χ1) is 8.40. The molecular formula is C15H23NO. The molecule has 2 atom stereocenters. The summed E-state index contributed by atoms with van der Waals surface area (Å²) in [5.41, 5.74) is 1.26. The van der Waals surface area contributed by atoms with E-state index in [9.17, 15) is 0 Å². The first-order valence-electron chi connectivity index (χ1n) is 6.75. The van der Waals surface area contributed by atoms with Gasteiger partial charge in [0.25, 0.3) is 0 Å². The maximum atomic E-state index is 5.64. The summed E-state index contributed by atoms with van der Waals surface area (Å²) in [5, 5.41) is 3.58. The molecule has 2 nitrogen and oxygen atoms in total. The Labute approximate surface area is 104 Å². The topological polar surface area (TPSA) is 21.3 Å². The Morgan fingerprint density at radius 2 is 2.12 bits per heavy atom. The van der Waals surface area contributed by atoms with Gasteiger partial charge < -0.3 is 10.1 Å². The van der Waals surface area contributed by atoms with E-state index >= 15 is 0 Å². The molecule has 1 aliphatic rings. The summed E-state index contributed by atoms with van der Waals surface area (Å²) < 4.78 is 5.64. The van der Waals surface area contributed by atoms with E-state index in [1.165, 1.54) is 18.4 Å². The van der Waals surface area contributed by atoms with E-state index in [1.807, 2.05) is 6.07 Å². The van der Waals surface area contributed by atoms with Gasteiger partial charge in [-0.3, -0.25) is 0 Å². The van der Waals surface area contributed by atoms with Gasteiger partial charge >= 0.3 is 0 Å². The summed E-state index contributed by atoms with van der Waals surface area (Å²) in [4.78, 5) is 0. The van der Waals surface area contributed by atoms with Crippen LogP contribution < -0.4 is 5.32 Å². The van der Waals surface area contributed by atoms with Crippen molar-refractivity contribution in [3.63, 3.8) is 0 Å². The monoisotopic (exact) mass is 233 g/mol. The highest BCUT2D eigenvalue weighted by Gasteiger charge is 2.34. The van der Waals surface area contributed by atoms with Crippen molar-refractivity contribution in [3.05, 3.63) is 35.9 Å². The van der Waals surface area contributed by atoms with Crippen molar-refractivity contribution in [2.24, 2.45) is 5.92 Å². The molecule has 2 rings (SSSR count). The molecule has 1 N–H and O–H groups in total. The Bertz CT molecular complexity index is 312. The summed E-state index contributed by atoms with van der Waals surface area (Å²) in [6.07, 6.45) is 3.81. The highest BCUT2D eigenvalue weighted by atomic mass is 16.5. The molecule has 0 spiro atoms. The van der Waals surface area contributed by atoms with Gasteiger partial charge in [0.05, 0.1) is 6.61 Å². The van der Waals surface area contributed by atoms with Gasteiger partial charge in [-0.25, -0.2) is 0 Å². The number of hydrogen-bond acceptors (Lipinski definition) is 2. The number of ether oxygens (including phenoxy) is 1. The average molecular weight is 233 g/mol. The molecule has 1 aromatic rings. The van der Waals surface area contributed by atoms with Crippen molar-refractivity contribution in [2.45, 2.75) is 38.8 Å². The van der Waals surface area contributed by atoms with Crippen molar-refractivity contribution >= 4 is 0 Å². The predicted octanol–water partition coefficient (Wildman–Crippen LogP) is 2.98. The first kappa shape index (κ1) is 12.6. The zero-order valence-electron chi connectivity index (χ0n) is 10.7. The Morgan fingerprint density at radius 3 is 2.82 bits per heavy atom. The lowest BCUT2D eigenvalue weighted by Crippen LogP contribution is -2.20. The smallest absolute Gasteiger partial charge is 0.0716 e. The Hall–Kier alpha value is -0.860. The van der Waals surface area contributed by atoms with E-state index in [4.69, 9.17) is 4.74 Å². The second kappa shape index (κ2) is 6.77. The van der Waals surface area contributed by atoms with E-state index < -0.39 is 0 Å². The maximum Gasteiger partial charge on any atom is 0.0716 e. The van der Waals surface area contributed by atoms with Gasteiger partial charge in [0.1, 0.15) is 0 Å². The Morgan fingerprint density at radius 1 is 1.29 bits per heavy atom. The van der Waals surface area contributed by atoms with Crippen LogP contribution in [0.1, 0.15) is 31.7 Å². The molecule has 1 fully saturated rings. The number of benzene rings is 1. The summed E-state index contributed by atoms with van der Waals surface area (Å²) in [7, 11) is 0. The fourth-order valence-electron chi connectivity index (χ4n) is 2.17. The largest absolute Gasteiger partial charge is 0.377 e. The lowest BCUT2D eigenvalue weighted by atomic mass is 10.2. The quantitative estimate of drug-likeness (QED) is 0.697. The molecule has 0 saturated heterocycles. The van der Waals surface area contributed by atoms with Crippen LogP contribution in [0.15, 0.2) is 30.3 Å². The minimum atomic E-state index is 0.738. The molecular weight excluding hydrogens is 210 g/mol. The van der Waals surface area contributed by atoms with Crippen LogP contribution in [0.4, 0.5) is 0 Å². The molecule has 2 unspecified atom stereocenters. The van der Waals surface area contributed by atoms with E-state index in [-0.39, 0.29) is 0 Å². The molecule has 94 valence electrons. The Balaban J connectivity index is 1.44. The van der Waals surface area contributed by atoms with Crippen LogP contribution in [0.2, 0.25) is 0 Å². The van der Waals surface area contributed by atoms with Crippen LogP contribution in [0.5, 0.6) is 0 Å². The molecule has 0 amide bonds. The third-order valence-corrected chi connectivity index (χ3v) is 3.43. The lowest BCUT2D eigenvalue weighted by Gasteiger charge is -2.05. The van der Waals surface area contributed by atoms with Crippen molar-refractivity contribution < 1.29 is 4.74 Å². The molecule has 0 aliphatic heterocycles. The van der Waals surface area contributed by atoms with Crippen LogP contribution >= 0.6 is 0 Å².